The standard InChI is InChI=1S/C9H15N3O4/c1-15-4-5-16-3-2-12-7(10)6-8(13)11-9(12)14/h6H,2-5,10H2,1H3,(H,11,13,14). The molecule has 0 spiro atoms. The molecule has 3 N–H and O–H groups in total. The van der Waals surface area contributed by atoms with E-state index in [9.17, 15) is 9.59 Å². The van der Waals surface area contributed by atoms with Crippen molar-refractivity contribution in [2.24, 2.45) is 0 Å². The number of aromatic amines is 1. The summed E-state index contributed by atoms with van der Waals surface area (Å²) in [6.07, 6.45) is 0. The van der Waals surface area contributed by atoms with E-state index in [1.54, 1.807) is 7.11 Å². The second-order valence-corrected chi connectivity index (χ2v) is 3.12. The molecule has 0 bridgehead atoms. The van der Waals surface area contributed by atoms with Gasteiger partial charge in [-0.25, -0.2) is 4.79 Å². The third-order valence-corrected chi connectivity index (χ3v) is 1.96. The van der Waals surface area contributed by atoms with Crippen LogP contribution in [0.4, 0.5) is 5.82 Å². The molecule has 1 heterocycles. The number of nitrogen functional groups attached to an aromatic ring is 1. The predicted octanol–water partition coefficient (Wildman–Crippen LogP) is -1.22. The van der Waals surface area contributed by atoms with Crippen molar-refractivity contribution in [1.29, 1.82) is 0 Å². The smallest absolute Gasteiger partial charge is 0.329 e. The Kier molecular flexibility index (Phi) is 4.74. The molecule has 0 saturated carbocycles. The molecule has 0 aliphatic heterocycles. The van der Waals surface area contributed by atoms with Gasteiger partial charge in [0.15, 0.2) is 0 Å². The van der Waals surface area contributed by atoms with Gasteiger partial charge in [-0.15, -0.1) is 0 Å². The predicted molar refractivity (Wildman–Crippen MR) is 58.4 cm³/mol. The summed E-state index contributed by atoms with van der Waals surface area (Å²) in [4.78, 5) is 24.3. The first-order valence-corrected chi connectivity index (χ1v) is 4.81. The number of methoxy groups -OCH3 is 1. The Labute approximate surface area is 91.8 Å². The summed E-state index contributed by atoms with van der Waals surface area (Å²) in [7, 11) is 1.58. The van der Waals surface area contributed by atoms with Gasteiger partial charge in [0.25, 0.3) is 5.56 Å². The van der Waals surface area contributed by atoms with E-state index >= 15 is 0 Å². The van der Waals surface area contributed by atoms with Crippen LogP contribution >= 0.6 is 0 Å². The number of nitrogens with two attached hydrogens (primary N) is 1. The van der Waals surface area contributed by atoms with Crippen LogP contribution in [-0.4, -0.2) is 36.5 Å². The number of aromatic nitrogens is 2. The van der Waals surface area contributed by atoms with E-state index < -0.39 is 11.2 Å². The number of hydrogen-bond donors (Lipinski definition) is 2. The van der Waals surface area contributed by atoms with Crippen molar-refractivity contribution in [2.45, 2.75) is 6.54 Å². The zero-order valence-electron chi connectivity index (χ0n) is 9.06. The number of nitrogens with one attached hydrogen (secondary N) is 1. The molecule has 1 rings (SSSR count). The van der Waals surface area contributed by atoms with Gasteiger partial charge >= 0.3 is 5.69 Å². The fourth-order valence-corrected chi connectivity index (χ4v) is 1.17. The van der Waals surface area contributed by atoms with E-state index in [1.165, 1.54) is 4.57 Å². The Morgan fingerprint density at radius 3 is 2.75 bits per heavy atom. The average molecular weight is 229 g/mol. The number of hydrogen-bond acceptors (Lipinski definition) is 5. The van der Waals surface area contributed by atoms with E-state index in [2.05, 4.69) is 4.98 Å². The molecule has 0 radical (unpaired) electrons. The van der Waals surface area contributed by atoms with Crippen molar-refractivity contribution in [2.75, 3.05) is 32.7 Å². The van der Waals surface area contributed by atoms with Crippen LogP contribution in [0.25, 0.3) is 0 Å². The Morgan fingerprint density at radius 2 is 2.12 bits per heavy atom. The minimum Gasteiger partial charge on any atom is -0.385 e. The lowest BCUT2D eigenvalue weighted by atomic mass is 10.5. The van der Waals surface area contributed by atoms with Crippen LogP contribution in [0, 0.1) is 0 Å². The minimum atomic E-state index is -0.527. The first-order valence-electron chi connectivity index (χ1n) is 4.81. The van der Waals surface area contributed by atoms with Crippen molar-refractivity contribution in [3.8, 4) is 0 Å². The number of rotatable bonds is 6. The maximum Gasteiger partial charge on any atom is 0.329 e. The van der Waals surface area contributed by atoms with Gasteiger partial charge in [-0.05, 0) is 0 Å². The Hall–Kier alpha value is -1.60. The van der Waals surface area contributed by atoms with E-state index in [4.69, 9.17) is 15.2 Å². The first-order chi connectivity index (χ1) is 7.65. The molecule has 0 saturated heterocycles. The van der Waals surface area contributed by atoms with Gasteiger partial charge in [0, 0.05) is 13.2 Å². The van der Waals surface area contributed by atoms with Crippen molar-refractivity contribution in [3.63, 3.8) is 0 Å². The zero-order chi connectivity index (χ0) is 12.0. The van der Waals surface area contributed by atoms with Gasteiger partial charge in [-0.2, -0.15) is 0 Å². The molecule has 0 aromatic carbocycles. The molecular weight excluding hydrogens is 214 g/mol. The second-order valence-electron chi connectivity index (χ2n) is 3.12. The molecule has 16 heavy (non-hydrogen) atoms. The number of H-pyrrole nitrogens is 1. The lowest BCUT2D eigenvalue weighted by Gasteiger charge is -2.08. The SMILES string of the molecule is COCCOCCn1c(N)cc(=O)[nH]c1=O. The maximum absolute atomic E-state index is 11.3. The summed E-state index contributed by atoms with van der Waals surface area (Å²) in [6, 6.07) is 1.16. The van der Waals surface area contributed by atoms with Crippen LogP contribution in [0.1, 0.15) is 0 Å². The van der Waals surface area contributed by atoms with E-state index in [0.717, 1.165) is 6.07 Å². The van der Waals surface area contributed by atoms with E-state index in [0.29, 0.717) is 26.4 Å². The lowest BCUT2D eigenvalue weighted by Crippen LogP contribution is -2.32. The van der Waals surface area contributed by atoms with Crippen LogP contribution in [0.3, 0.4) is 0 Å². The molecule has 1 aromatic heterocycles. The topological polar surface area (TPSA) is 99.3 Å². The van der Waals surface area contributed by atoms with Gasteiger partial charge < -0.3 is 15.2 Å². The largest absolute Gasteiger partial charge is 0.385 e. The summed E-state index contributed by atoms with van der Waals surface area (Å²) < 4.78 is 11.2. The highest BCUT2D eigenvalue weighted by molar-refractivity contribution is 5.25. The number of ether oxygens (including phenoxy) is 2. The monoisotopic (exact) mass is 229 g/mol. The Balaban J connectivity index is 2.54. The normalized spacial score (nSPS) is 10.6. The third kappa shape index (κ3) is 3.52. The quantitative estimate of drug-likeness (QED) is 0.596. The third-order valence-electron chi connectivity index (χ3n) is 1.96. The average Bonchev–Trinajstić information content (AvgIpc) is 2.20. The van der Waals surface area contributed by atoms with Crippen LogP contribution in [-0.2, 0) is 16.0 Å². The molecular formula is C9H15N3O4. The molecule has 90 valence electrons. The van der Waals surface area contributed by atoms with Gasteiger partial charge in [0.1, 0.15) is 5.82 Å². The summed E-state index contributed by atoms with van der Waals surface area (Å²) in [5.41, 5.74) is 4.50. The summed E-state index contributed by atoms with van der Waals surface area (Å²) in [6.45, 7) is 1.58. The molecule has 0 fully saturated rings. The first kappa shape index (κ1) is 12.5. The second kappa shape index (κ2) is 6.09. The highest BCUT2D eigenvalue weighted by Gasteiger charge is 2.01. The summed E-state index contributed by atoms with van der Waals surface area (Å²) in [5, 5.41) is 0. The van der Waals surface area contributed by atoms with Gasteiger partial charge in [0.2, 0.25) is 0 Å². The van der Waals surface area contributed by atoms with Crippen LogP contribution in [0.5, 0.6) is 0 Å². The lowest BCUT2D eigenvalue weighted by molar-refractivity contribution is 0.0663. The highest BCUT2D eigenvalue weighted by atomic mass is 16.5. The van der Waals surface area contributed by atoms with Crippen LogP contribution in [0.15, 0.2) is 15.7 Å². The zero-order valence-corrected chi connectivity index (χ0v) is 9.06. The van der Waals surface area contributed by atoms with E-state index in [1.807, 2.05) is 0 Å². The molecule has 1 aromatic rings. The maximum atomic E-state index is 11.3. The van der Waals surface area contributed by atoms with Crippen molar-refractivity contribution >= 4 is 5.82 Å². The van der Waals surface area contributed by atoms with Crippen molar-refractivity contribution < 1.29 is 9.47 Å². The molecule has 0 amide bonds. The molecule has 0 atom stereocenters. The van der Waals surface area contributed by atoms with Crippen LogP contribution < -0.4 is 17.0 Å². The Morgan fingerprint density at radius 1 is 1.38 bits per heavy atom. The van der Waals surface area contributed by atoms with Crippen molar-refractivity contribution in [3.05, 3.63) is 26.9 Å². The summed E-state index contributed by atoms with van der Waals surface area (Å²) in [5.74, 6) is 0.129. The summed E-state index contributed by atoms with van der Waals surface area (Å²) >= 11 is 0. The van der Waals surface area contributed by atoms with Gasteiger partial charge in [0.05, 0.1) is 26.4 Å². The minimum absolute atomic E-state index is 0.129. The van der Waals surface area contributed by atoms with Gasteiger partial charge in [-0.3, -0.25) is 14.3 Å². The van der Waals surface area contributed by atoms with E-state index in [-0.39, 0.29) is 5.82 Å². The molecule has 0 aliphatic carbocycles. The molecule has 0 aliphatic rings. The molecule has 7 nitrogen and oxygen atoms in total. The molecule has 0 unspecified atom stereocenters. The highest BCUT2D eigenvalue weighted by Crippen LogP contribution is 1.92. The number of anilines is 1. The Bertz CT molecular complexity index is 437. The fourth-order valence-electron chi connectivity index (χ4n) is 1.17. The fraction of sp³-hybridized carbons (Fsp3) is 0.556. The van der Waals surface area contributed by atoms with Crippen molar-refractivity contribution in [1.82, 2.24) is 9.55 Å². The van der Waals surface area contributed by atoms with Crippen LogP contribution in [0.2, 0.25) is 0 Å². The molecule has 7 heteroatoms. The van der Waals surface area contributed by atoms with Gasteiger partial charge in [-0.1, -0.05) is 0 Å². The number of nitrogens with zero attached hydrogens (tertiary/aromatic N) is 1.